The smallest absolute Gasteiger partial charge is 0.167 e. The largest absolute Gasteiger partial charge is 0.348 e. The van der Waals surface area contributed by atoms with Gasteiger partial charge in [-0.1, -0.05) is 23.9 Å². The monoisotopic (exact) mass is 400 g/mol. The van der Waals surface area contributed by atoms with Gasteiger partial charge in [-0.25, -0.2) is 9.98 Å². The number of nitrogens with one attached hydrogen (secondary N) is 1. The van der Waals surface area contributed by atoms with Gasteiger partial charge in [-0.05, 0) is 61.0 Å². The summed E-state index contributed by atoms with van der Waals surface area (Å²) in [5, 5.41) is 12.2. The van der Waals surface area contributed by atoms with Crippen molar-refractivity contribution in [3.05, 3.63) is 58.3 Å². The number of aliphatic imine (C=N–C) groups is 1. The molecule has 0 saturated carbocycles. The number of nitriles is 1. The first-order chi connectivity index (χ1) is 11.5. The number of allylic oxidation sites excluding steroid dienone is 2. The zero-order valence-corrected chi connectivity index (χ0v) is 16.1. The van der Waals surface area contributed by atoms with Crippen molar-refractivity contribution >= 4 is 39.3 Å². The van der Waals surface area contributed by atoms with E-state index in [4.69, 9.17) is 5.26 Å². The Balaban J connectivity index is 2.34. The van der Waals surface area contributed by atoms with Crippen molar-refractivity contribution in [1.82, 2.24) is 10.3 Å². The number of nitrogens with zero attached hydrogens (tertiary/aromatic N) is 3. The van der Waals surface area contributed by atoms with E-state index < -0.39 is 0 Å². The highest BCUT2D eigenvalue weighted by molar-refractivity contribution is 9.10. The van der Waals surface area contributed by atoms with Crippen LogP contribution in [0.3, 0.4) is 0 Å². The zero-order chi connectivity index (χ0) is 17.5. The average molecular weight is 401 g/mol. The minimum absolute atomic E-state index is 0.634. The van der Waals surface area contributed by atoms with Crippen molar-refractivity contribution in [2.75, 3.05) is 0 Å². The predicted molar refractivity (Wildman–Crippen MR) is 103 cm³/mol. The minimum atomic E-state index is 0.634. The lowest BCUT2D eigenvalue weighted by Gasteiger charge is -2.09. The molecule has 4 nitrogen and oxygen atoms in total. The first-order valence-electron chi connectivity index (χ1n) is 7.30. The van der Waals surface area contributed by atoms with Gasteiger partial charge >= 0.3 is 0 Å². The van der Waals surface area contributed by atoms with Crippen LogP contribution >= 0.6 is 27.7 Å². The molecule has 2 rings (SSSR count). The van der Waals surface area contributed by atoms with Crippen molar-refractivity contribution in [3.63, 3.8) is 0 Å². The average Bonchev–Trinajstić information content (AvgIpc) is 2.57. The molecule has 0 bridgehead atoms. The van der Waals surface area contributed by atoms with E-state index in [1.54, 1.807) is 12.3 Å². The summed E-state index contributed by atoms with van der Waals surface area (Å²) >= 11 is 4.99. The number of amidine groups is 1. The Morgan fingerprint density at radius 3 is 2.88 bits per heavy atom. The second-order valence-electron chi connectivity index (χ2n) is 5.01. The second kappa shape index (κ2) is 8.67. The zero-order valence-electron chi connectivity index (χ0n) is 13.7. The van der Waals surface area contributed by atoms with E-state index >= 15 is 0 Å². The Morgan fingerprint density at radius 1 is 1.38 bits per heavy atom. The highest BCUT2D eigenvalue weighted by atomic mass is 79.9. The summed E-state index contributed by atoms with van der Waals surface area (Å²) in [6.45, 7) is 5.86. The maximum absolute atomic E-state index is 9.04. The molecule has 1 aromatic heterocycles. The highest BCUT2D eigenvalue weighted by Gasteiger charge is 2.08. The first kappa shape index (κ1) is 18.2. The molecule has 0 atom stereocenters. The van der Waals surface area contributed by atoms with Gasteiger partial charge in [0.05, 0.1) is 16.5 Å². The lowest BCUT2D eigenvalue weighted by atomic mass is 10.2. The summed E-state index contributed by atoms with van der Waals surface area (Å²) in [5.41, 5.74) is 1.67. The lowest BCUT2D eigenvalue weighted by molar-refractivity contribution is 1.08. The van der Waals surface area contributed by atoms with E-state index in [-0.39, 0.29) is 0 Å². The Kier molecular flexibility index (Phi) is 6.59. The van der Waals surface area contributed by atoms with Crippen LogP contribution in [0.2, 0.25) is 0 Å². The molecule has 122 valence electrons. The molecule has 0 fully saturated rings. The fraction of sp³-hybridized carbons (Fsp3) is 0.167. The van der Waals surface area contributed by atoms with E-state index in [0.717, 1.165) is 25.8 Å². The maximum atomic E-state index is 9.04. The van der Waals surface area contributed by atoms with Crippen LogP contribution in [0, 0.1) is 11.3 Å². The Labute approximate surface area is 154 Å². The third kappa shape index (κ3) is 5.22. The van der Waals surface area contributed by atoms with Gasteiger partial charge in [0.2, 0.25) is 0 Å². The van der Waals surface area contributed by atoms with Crippen LogP contribution in [-0.4, -0.2) is 10.8 Å². The minimum Gasteiger partial charge on any atom is -0.348 e. The van der Waals surface area contributed by atoms with Gasteiger partial charge in [-0.2, -0.15) is 5.26 Å². The Bertz CT molecular complexity index is 837. The van der Waals surface area contributed by atoms with Crippen LogP contribution in [0.1, 0.15) is 26.3 Å². The molecular weight excluding hydrogens is 384 g/mol. The standard InChI is InChI=1S/C18H17BrN4S/c1-4-12(2)22-13(3)23-18-17(9-15(19)11-21-18)24-16-7-5-6-14(8-16)10-20/h4-9,11H,1-3H3,(H,21,22,23)/b12-4-. The quantitative estimate of drug-likeness (QED) is 0.548. The van der Waals surface area contributed by atoms with Gasteiger partial charge in [-0.3, -0.25) is 0 Å². The normalized spacial score (nSPS) is 12.0. The molecule has 0 aliphatic heterocycles. The van der Waals surface area contributed by atoms with E-state index in [9.17, 15) is 0 Å². The van der Waals surface area contributed by atoms with Crippen LogP contribution in [0.25, 0.3) is 0 Å². The summed E-state index contributed by atoms with van der Waals surface area (Å²) in [4.78, 5) is 10.9. The van der Waals surface area contributed by atoms with Crippen molar-refractivity contribution in [1.29, 1.82) is 5.26 Å². The van der Waals surface area contributed by atoms with Gasteiger partial charge in [0.25, 0.3) is 0 Å². The lowest BCUT2D eigenvalue weighted by Crippen LogP contribution is -2.17. The molecule has 0 amide bonds. The summed E-state index contributed by atoms with van der Waals surface area (Å²) in [6, 6.07) is 11.6. The Hall–Kier alpha value is -2.10. The number of benzene rings is 1. The van der Waals surface area contributed by atoms with Crippen LogP contribution in [-0.2, 0) is 0 Å². The van der Waals surface area contributed by atoms with Crippen molar-refractivity contribution < 1.29 is 0 Å². The third-order valence-corrected chi connectivity index (χ3v) is 4.52. The first-order valence-corrected chi connectivity index (χ1v) is 8.91. The molecule has 1 heterocycles. The van der Waals surface area contributed by atoms with Gasteiger partial charge in [-0.15, -0.1) is 0 Å². The van der Waals surface area contributed by atoms with Crippen molar-refractivity contribution in [2.24, 2.45) is 4.99 Å². The number of aromatic nitrogens is 1. The number of halogens is 1. The van der Waals surface area contributed by atoms with Gasteiger partial charge < -0.3 is 5.32 Å². The maximum Gasteiger partial charge on any atom is 0.167 e. The van der Waals surface area contributed by atoms with Crippen molar-refractivity contribution in [2.45, 2.75) is 30.6 Å². The molecule has 0 radical (unpaired) electrons. The summed E-state index contributed by atoms with van der Waals surface area (Å²) in [7, 11) is 0. The molecule has 0 saturated heterocycles. The summed E-state index contributed by atoms with van der Waals surface area (Å²) in [6.07, 6.45) is 3.71. The van der Waals surface area contributed by atoms with E-state index in [1.807, 2.05) is 51.1 Å². The number of hydrogen-bond acceptors (Lipinski definition) is 4. The SMILES string of the molecule is C/C=C(/C)N/C(C)=N/c1ncc(Br)cc1Sc1cccc(C#N)c1. The van der Waals surface area contributed by atoms with E-state index in [2.05, 4.69) is 37.3 Å². The highest BCUT2D eigenvalue weighted by Crippen LogP contribution is 2.35. The Morgan fingerprint density at radius 2 is 2.17 bits per heavy atom. The molecule has 0 unspecified atom stereocenters. The molecule has 6 heteroatoms. The van der Waals surface area contributed by atoms with E-state index in [1.165, 1.54) is 11.8 Å². The van der Waals surface area contributed by atoms with Gasteiger partial charge in [0, 0.05) is 21.3 Å². The van der Waals surface area contributed by atoms with Crippen LogP contribution in [0.4, 0.5) is 5.82 Å². The molecule has 0 aliphatic rings. The number of rotatable bonds is 4. The molecule has 24 heavy (non-hydrogen) atoms. The molecule has 2 aromatic rings. The van der Waals surface area contributed by atoms with Gasteiger partial charge in [0.1, 0.15) is 5.84 Å². The third-order valence-electron chi connectivity index (χ3n) is 3.08. The summed E-state index contributed by atoms with van der Waals surface area (Å²) in [5.74, 6) is 1.41. The van der Waals surface area contributed by atoms with Crippen LogP contribution in [0.15, 0.2) is 67.6 Å². The molecule has 0 aliphatic carbocycles. The molecule has 1 N–H and O–H groups in total. The fourth-order valence-corrected chi connectivity index (χ4v) is 3.32. The predicted octanol–water partition coefficient (Wildman–Crippen LogP) is 5.43. The van der Waals surface area contributed by atoms with Crippen LogP contribution < -0.4 is 5.32 Å². The van der Waals surface area contributed by atoms with E-state index in [0.29, 0.717) is 11.4 Å². The van der Waals surface area contributed by atoms with Crippen molar-refractivity contribution in [3.8, 4) is 6.07 Å². The number of hydrogen-bond donors (Lipinski definition) is 1. The fourth-order valence-electron chi connectivity index (χ4n) is 1.87. The molecular formula is C18H17BrN4S. The number of pyridine rings is 1. The second-order valence-corrected chi connectivity index (χ2v) is 7.04. The molecule has 0 spiro atoms. The molecule has 1 aromatic carbocycles. The van der Waals surface area contributed by atoms with Gasteiger partial charge in [0.15, 0.2) is 5.82 Å². The van der Waals surface area contributed by atoms with Crippen LogP contribution in [0.5, 0.6) is 0 Å². The topological polar surface area (TPSA) is 61.1 Å². The summed E-state index contributed by atoms with van der Waals surface area (Å²) < 4.78 is 0.885.